The lowest BCUT2D eigenvalue weighted by molar-refractivity contribution is 0.584. The van der Waals surface area contributed by atoms with Gasteiger partial charge in [0.15, 0.2) is 16.9 Å². The molecular weight excluding hydrogens is 1500 g/mol. The number of halogens is 4. The molecule has 0 amide bonds. The van der Waals surface area contributed by atoms with E-state index in [1.54, 1.807) is 70.0 Å². The molecule has 0 saturated carbocycles. The van der Waals surface area contributed by atoms with Gasteiger partial charge in [-0.3, -0.25) is 42.5 Å². The number of nitrogen functional groups attached to an aromatic ring is 1. The lowest BCUT2D eigenvalue weighted by Crippen LogP contribution is -2.33. The van der Waals surface area contributed by atoms with Gasteiger partial charge in [0, 0.05) is 13.1 Å². The van der Waals surface area contributed by atoms with Crippen molar-refractivity contribution >= 4 is 130 Å². The molecule has 12 heterocycles. The number of nitrogens with two attached hydrogens (primary N) is 1. The Hall–Kier alpha value is -12.2. The van der Waals surface area contributed by atoms with Crippen molar-refractivity contribution in [2.75, 3.05) is 35.2 Å². The third-order valence-electron chi connectivity index (χ3n) is 19.1. The average Bonchev–Trinajstić information content (AvgIpc) is 1.73. The molecule has 6 aromatic carbocycles. The van der Waals surface area contributed by atoms with Crippen LogP contribution in [0.25, 0.3) is 82.9 Å². The van der Waals surface area contributed by atoms with Crippen LogP contribution in [0.4, 0.5) is 17.6 Å². The third kappa shape index (κ3) is 15.0. The normalized spacial score (nSPS) is 15.2. The molecule has 34 heteroatoms. The Bertz CT molecular complexity index is 6290. The van der Waals surface area contributed by atoms with Gasteiger partial charge in [0.1, 0.15) is 62.1 Å². The minimum absolute atomic E-state index is 0. The molecule has 15 aromatic rings. The highest BCUT2D eigenvalue weighted by Crippen LogP contribution is 2.40. The minimum Gasteiger partial charge on any atom is -0.412 e. The van der Waals surface area contributed by atoms with Crippen LogP contribution < -0.4 is 60.4 Å². The Morgan fingerprint density at radius 3 is 1.22 bits per heavy atom. The van der Waals surface area contributed by atoms with Gasteiger partial charge in [0.2, 0.25) is 5.95 Å². The fraction of sp³-hybridized carbons (Fsp3) is 0.221. The van der Waals surface area contributed by atoms with E-state index in [2.05, 4.69) is 65.1 Å². The number of hydrogen-bond donors (Lipinski definition) is 6. The van der Waals surface area contributed by atoms with E-state index in [0.29, 0.717) is 130 Å². The molecule has 3 saturated heterocycles. The molecule has 3 aliphatic rings. The summed E-state index contributed by atoms with van der Waals surface area (Å²) in [5.74, 6) is 3.74. The van der Waals surface area contributed by atoms with Gasteiger partial charge < -0.3 is 47.4 Å². The number of benzene rings is 6. The average molecular weight is 1570 g/mol. The van der Waals surface area contributed by atoms with Gasteiger partial charge in [0.25, 0.3) is 33.4 Å². The van der Waals surface area contributed by atoms with Gasteiger partial charge in [-0.05, 0) is 169 Å². The molecule has 0 unspecified atom stereocenters. The lowest BCUT2D eigenvalue weighted by atomic mass is 10.1. The molecule has 3 fully saturated rings. The third-order valence-corrected chi connectivity index (χ3v) is 20.3. The van der Waals surface area contributed by atoms with Crippen molar-refractivity contribution in [1.29, 1.82) is 0 Å². The molecule has 3 aliphatic heterocycles. The second-order valence-corrected chi connectivity index (χ2v) is 28.0. The first-order valence-electron chi connectivity index (χ1n) is 34.9. The van der Waals surface area contributed by atoms with Crippen LogP contribution in [-0.2, 0) is 0 Å². The molecule has 0 spiro atoms. The molecule has 11 N–H and O–H groups in total. The van der Waals surface area contributed by atoms with Crippen molar-refractivity contribution in [2.45, 2.75) is 91.3 Å². The summed E-state index contributed by atoms with van der Waals surface area (Å²) in [7, 11) is 0. The molecule has 30 nitrogen and oxygen atoms in total. The van der Waals surface area contributed by atoms with Crippen LogP contribution in [0.5, 0.6) is 0 Å². The first-order valence-corrected chi connectivity index (χ1v) is 36.4. The van der Waals surface area contributed by atoms with E-state index in [1.807, 2.05) is 116 Å². The van der Waals surface area contributed by atoms with Crippen LogP contribution in [-0.4, -0.2) is 114 Å². The van der Waals surface area contributed by atoms with Crippen molar-refractivity contribution < 1.29 is 5.48 Å². The second-order valence-electron chi connectivity index (χ2n) is 26.5. The molecule has 0 bridgehead atoms. The Labute approximate surface area is 649 Å². The summed E-state index contributed by atoms with van der Waals surface area (Å²) in [4.78, 5) is 142. The number of aromatic nitrogens is 18. The Morgan fingerprint density at radius 1 is 0.414 bits per heavy atom. The van der Waals surface area contributed by atoms with E-state index in [-0.39, 0.29) is 90.6 Å². The SMILES string of the molecule is Cc1cccc(-n2c([C@@H]3CCCN3)nc3cccc(Cl)c3c2=O)c1.Cc1cccc(-n2c([C@@H]3CCCN3c3nc(C)nc4nc[nH]c(=O)c34)nc3cccc(Cl)c3c2=O)c1.Cc1cccc(-n2c([C@@H]3CCCN3c3nc(N)nc4nc[nH]c(=O)c34)nc3cccc(Cl)c3c2=O)c1.Cc1nc(Cl)c2c(=O)[nH]cnc2n1.N.O. The first kappa shape index (κ1) is 77.0. The number of fused-ring (bicyclic) bond motifs is 6. The predicted octanol–water partition coefficient (Wildman–Crippen LogP) is 11.1. The van der Waals surface area contributed by atoms with E-state index in [1.165, 1.54) is 19.0 Å². The number of nitrogens with zero attached hydrogens (tertiary/aromatic N) is 17. The van der Waals surface area contributed by atoms with Crippen LogP contribution in [0.3, 0.4) is 0 Å². The van der Waals surface area contributed by atoms with Gasteiger partial charge in [-0.25, -0.2) is 49.8 Å². The Balaban J connectivity index is 0.000000136. The summed E-state index contributed by atoms with van der Waals surface area (Å²) in [6.45, 7) is 11.6. The summed E-state index contributed by atoms with van der Waals surface area (Å²) < 4.78 is 4.96. The summed E-state index contributed by atoms with van der Waals surface area (Å²) in [6.07, 6.45) is 9.02. The largest absolute Gasteiger partial charge is 0.412 e. The fourth-order valence-electron chi connectivity index (χ4n) is 14.3. The number of aryl methyl sites for hydroxylation is 5. The van der Waals surface area contributed by atoms with E-state index in [9.17, 15) is 28.8 Å². The fourth-order valence-corrected chi connectivity index (χ4v) is 15.4. The molecule has 111 heavy (non-hydrogen) atoms. The zero-order chi connectivity index (χ0) is 76.1. The molecule has 9 aromatic heterocycles. The number of aromatic amines is 3. The monoisotopic (exact) mass is 1570 g/mol. The Morgan fingerprint density at radius 2 is 0.793 bits per heavy atom. The zero-order valence-electron chi connectivity index (χ0n) is 60.3. The van der Waals surface area contributed by atoms with Gasteiger partial charge >= 0.3 is 0 Å². The maximum Gasteiger partial charge on any atom is 0.267 e. The van der Waals surface area contributed by atoms with Crippen LogP contribution in [0.2, 0.25) is 20.2 Å². The summed E-state index contributed by atoms with van der Waals surface area (Å²) in [5.41, 5.74) is 12.3. The van der Waals surface area contributed by atoms with E-state index < -0.39 is 0 Å². The summed E-state index contributed by atoms with van der Waals surface area (Å²) in [6, 6.07) is 38.7. The van der Waals surface area contributed by atoms with Crippen LogP contribution in [0.15, 0.2) is 175 Å². The summed E-state index contributed by atoms with van der Waals surface area (Å²) in [5, 5.41) is 6.72. The van der Waals surface area contributed by atoms with E-state index in [4.69, 9.17) is 67.1 Å². The van der Waals surface area contributed by atoms with Gasteiger partial charge in [-0.2, -0.15) is 9.97 Å². The highest BCUT2D eigenvalue weighted by molar-refractivity contribution is 6.36. The van der Waals surface area contributed by atoms with Crippen LogP contribution in [0.1, 0.15) is 102 Å². The molecule has 3 atom stereocenters. The van der Waals surface area contributed by atoms with Crippen molar-refractivity contribution in [3.8, 4) is 17.1 Å². The molecular formula is C77H71Cl4N23O7. The molecule has 564 valence electrons. The van der Waals surface area contributed by atoms with Gasteiger partial charge in [-0.15, -0.1) is 0 Å². The van der Waals surface area contributed by atoms with Crippen molar-refractivity contribution in [3.63, 3.8) is 0 Å². The number of nitrogens with one attached hydrogen (secondary N) is 4. The standard InChI is InChI=1S/C26H22ClN7O2.C25H21ClN8O2.C19H18ClN3O.C7H5ClN4O.H3N.H2O/c1-14-6-3-7-16(12-14)34-23(32-18-9-4-8-17(27)20(18)26(34)36)19-10-5-11-33(19)24-21-22(30-15(2)31-24)28-13-29-25(21)35;1-13-5-2-6-14(11-13)34-21(30-16-8-3-7-15(26)18(16)24(34)36)17-9-4-10-33(17)22-19-20(31-25(27)32-22)28-12-29-23(19)35;1-12-5-2-6-13(11-12)23-18(16-9-4-10-21-16)22-15-8-3-7-14(20)17(15)19(23)24;1-3-11-5(8)4-6(12-3)9-2-10-7(4)13;;/h3-4,6-9,12-13,19H,5,10-11H2,1-2H3,(H,28,29,30,31,35);2-3,5-8,11-12,17H,4,9-10H2,1H3,(H3,27,28,29,31,32,35);2-3,5-8,11,16,21H,4,9-10H2,1H3;2H,1H3,(H,9,10,11,12,13);1H3;1H2/t19-;17-;16-;;;/m000.../s1. The van der Waals surface area contributed by atoms with E-state index in [0.717, 1.165) is 66.9 Å². The highest BCUT2D eigenvalue weighted by Gasteiger charge is 2.37. The maximum atomic E-state index is 13.9. The molecule has 0 radical (unpaired) electrons. The summed E-state index contributed by atoms with van der Waals surface area (Å²) >= 11 is 25.0. The molecule has 18 rings (SSSR count). The zero-order valence-corrected chi connectivity index (χ0v) is 63.3. The number of anilines is 3. The quantitative estimate of drug-likeness (QED) is 0.0770. The van der Waals surface area contributed by atoms with Crippen molar-refractivity contribution in [1.82, 2.24) is 99.9 Å². The Kier molecular flexibility index (Phi) is 22.3. The smallest absolute Gasteiger partial charge is 0.267 e. The maximum absolute atomic E-state index is 13.9. The topological polar surface area (TPSA) is 430 Å². The second kappa shape index (κ2) is 32.2. The minimum atomic E-state index is -0.366. The first-order chi connectivity index (χ1) is 52.7. The van der Waals surface area contributed by atoms with Crippen molar-refractivity contribution in [2.24, 2.45) is 0 Å². The van der Waals surface area contributed by atoms with Gasteiger partial charge in [0.05, 0.1) is 102 Å². The number of H-pyrrole nitrogens is 3. The highest BCUT2D eigenvalue weighted by atomic mass is 35.5. The lowest BCUT2D eigenvalue weighted by Gasteiger charge is -2.28. The van der Waals surface area contributed by atoms with Crippen molar-refractivity contribution in [3.05, 3.63) is 275 Å². The van der Waals surface area contributed by atoms with Crippen LogP contribution >= 0.6 is 46.4 Å². The number of rotatable bonds is 8. The van der Waals surface area contributed by atoms with Gasteiger partial charge in [-0.1, -0.05) is 101 Å². The molecule has 0 aliphatic carbocycles. The predicted molar refractivity (Wildman–Crippen MR) is 431 cm³/mol. The van der Waals surface area contributed by atoms with E-state index >= 15 is 0 Å². The van der Waals surface area contributed by atoms with Crippen LogP contribution in [0, 0.1) is 34.6 Å². The number of hydrogen-bond acceptors (Lipinski definition) is 23.